The zero-order valence-electron chi connectivity index (χ0n) is 9.21. The van der Waals surface area contributed by atoms with E-state index in [0.29, 0.717) is 23.0 Å². The van der Waals surface area contributed by atoms with Gasteiger partial charge in [0.25, 0.3) is 5.91 Å². The van der Waals surface area contributed by atoms with Crippen molar-refractivity contribution in [1.82, 2.24) is 10.3 Å². The van der Waals surface area contributed by atoms with Crippen LogP contribution >= 0.6 is 23.2 Å². The molecule has 0 spiro atoms. The molecular weight excluding hydrogens is 247 g/mol. The molecule has 1 aromatic heterocycles. The Kier molecular flexibility index (Phi) is 5.03. The van der Waals surface area contributed by atoms with Gasteiger partial charge in [0.05, 0.1) is 16.0 Å². The summed E-state index contributed by atoms with van der Waals surface area (Å²) in [4.78, 5) is 15.5. The Morgan fingerprint density at radius 2 is 2.25 bits per heavy atom. The van der Waals surface area contributed by atoms with Crippen molar-refractivity contribution in [2.45, 2.75) is 19.2 Å². The summed E-state index contributed by atoms with van der Waals surface area (Å²) in [6.07, 6.45) is 2.97. The molecule has 5 heteroatoms. The number of amides is 1. The van der Waals surface area contributed by atoms with Gasteiger partial charge in [0, 0.05) is 18.9 Å². The highest BCUT2D eigenvalue weighted by molar-refractivity contribution is 6.33. The summed E-state index contributed by atoms with van der Waals surface area (Å²) >= 11 is 11.9. The minimum atomic E-state index is -0.223. The molecule has 0 fully saturated rings. The van der Waals surface area contributed by atoms with Crippen LogP contribution in [-0.4, -0.2) is 22.8 Å². The summed E-state index contributed by atoms with van der Waals surface area (Å²) in [5.74, 6) is 0.0913. The van der Waals surface area contributed by atoms with E-state index in [1.165, 1.54) is 12.4 Å². The second-order valence-corrected chi connectivity index (χ2v) is 4.79. The molecule has 0 aliphatic heterocycles. The lowest BCUT2D eigenvalue weighted by molar-refractivity contribution is 0.0952. The van der Waals surface area contributed by atoms with Gasteiger partial charge in [-0.3, -0.25) is 9.78 Å². The van der Waals surface area contributed by atoms with E-state index in [2.05, 4.69) is 10.3 Å². The molecule has 0 saturated heterocycles. The van der Waals surface area contributed by atoms with Gasteiger partial charge in [-0.2, -0.15) is 0 Å². The van der Waals surface area contributed by atoms with Gasteiger partial charge >= 0.3 is 0 Å². The molecule has 1 aromatic rings. The predicted octanol–water partition coefficient (Wildman–Crippen LogP) is 2.73. The van der Waals surface area contributed by atoms with Crippen molar-refractivity contribution in [2.24, 2.45) is 5.92 Å². The fraction of sp³-hybridized carbons (Fsp3) is 0.455. The van der Waals surface area contributed by atoms with Gasteiger partial charge < -0.3 is 5.32 Å². The number of pyridine rings is 1. The quantitative estimate of drug-likeness (QED) is 0.847. The number of carbonyl (C=O) groups is 1. The first-order valence-corrected chi connectivity index (χ1v) is 5.85. The predicted molar refractivity (Wildman–Crippen MR) is 66.1 cm³/mol. The van der Waals surface area contributed by atoms with Crippen molar-refractivity contribution in [1.29, 1.82) is 0 Å². The molecular formula is C11H14Cl2N2O. The van der Waals surface area contributed by atoms with Crippen LogP contribution in [0.3, 0.4) is 0 Å². The van der Waals surface area contributed by atoms with Crippen molar-refractivity contribution in [3.8, 4) is 0 Å². The molecule has 1 amide bonds. The largest absolute Gasteiger partial charge is 0.350 e. The highest BCUT2D eigenvalue weighted by Gasteiger charge is 2.13. The van der Waals surface area contributed by atoms with E-state index in [0.717, 1.165) is 0 Å². The lowest BCUT2D eigenvalue weighted by atomic mass is 10.1. The molecule has 88 valence electrons. The van der Waals surface area contributed by atoms with Crippen LogP contribution in [0.2, 0.25) is 5.02 Å². The minimum Gasteiger partial charge on any atom is -0.350 e. The molecule has 1 unspecified atom stereocenters. The molecule has 0 aliphatic carbocycles. The van der Waals surface area contributed by atoms with Gasteiger partial charge in [0.1, 0.15) is 0 Å². The molecule has 1 heterocycles. The van der Waals surface area contributed by atoms with E-state index in [1.54, 1.807) is 6.07 Å². The van der Waals surface area contributed by atoms with Gasteiger partial charge in [0.15, 0.2) is 0 Å². The molecule has 0 aliphatic rings. The number of aromatic nitrogens is 1. The van der Waals surface area contributed by atoms with Crippen LogP contribution in [0.5, 0.6) is 0 Å². The standard InChI is InChI=1S/C11H14Cl2N2O/c1-7(2)9(12)6-15-11(16)8-3-4-14-5-10(8)13/h3-5,7,9H,6H2,1-2H3,(H,15,16). The van der Waals surface area contributed by atoms with E-state index in [4.69, 9.17) is 23.2 Å². The summed E-state index contributed by atoms with van der Waals surface area (Å²) in [5.41, 5.74) is 0.421. The molecule has 1 rings (SSSR count). The van der Waals surface area contributed by atoms with Crippen LogP contribution in [-0.2, 0) is 0 Å². The van der Waals surface area contributed by atoms with Crippen LogP contribution in [0.4, 0.5) is 0 Å². The smallest absolute Gasteiger partial charge is 0.252 e. The number of hydrogen-bond acceptors (Lipinski definition) is 2. The summed E-state index contributed by atoms with van der Waals surface area (Å²) in [6, 6.07) is 1.58. The van der Waals surface area contributed by atoms with Crippen LogP contribution in [0.1, 0.15) is 24.2 Å². The van der Waals surface area contributed by atoms with Crippen molar-refractivity contribution in [2.75, 3.05) is 6.54 Å². The van der Waals surface area contributed by atoms with Crippen LogP contribution < -0.4 is 5.32 Å². The fourth-order valence-corrected chi connectivity index (χ4v) is 1.36. The van der Waals surface area contributed by atoms with E-state index in [1.807, 2.05) is 13.8 Å². The van der Waals surface area contributed by atoms with Crippen molar-refractivity contribution < 1.29 is 4.79 Å². The lowest BCUT2D eigenvalue weighted by Gasteiger charge is -2.14. The molecule has 3 nitrogen and oxygen atoms in total. The number of carbonyl (C=O) groups excluding carboxylic acids is 1. The number of alkyl halides is 1. The summed E-state index contributed by atoms with van der Waals surface area (Å²) in [5, 5.41) is 3.00. The number of nitrogens with one attached hydrogen (secondary N) is 1. The van der Waals surface area contributed by atoms with Gasteiger partial charge in [-0.15, -0.1) is 11.6 Å². The average molecular weight is 261 g/mol. The Balaban J connectivity index is 2.57. The van der Waals surface area contributed by atoms with E-state index in [-0.39, 0.29) is 11.3 Å². The van der Waals surface area contributed by atoms with Gasteiger partial charge in [0.2, 0.25) is 0 Å². The maximum Gasteiger partial charge on any atom is 0.252 e. The normalized spacial score (nSPS) is 12.6. The molecule has 1 N–H and O–H groups in total. The number of halogens is 2. The minimum absolute atomic E-state index is 0.0791. The number of nitrogens with zero attached hydrogens (tertiary/aromatic N) is 1. The van der Waals surface area contributed by atoms with Crippen LogP contribution in [0.15, 0.2) is 18.5 Å². The molecule has 0 saturated carbocycles. The summed E-state index contributed by atoms with van der Waals surface area (Å²) in [7, 11) is 0. The zero-order chi connectivity index (χ0) is 12.1. The van der Waals surface area contributed by atoms with E-state index >= 15 is 0 Å². The Hall–Kier alpha value is -0.800. The molecule has 0 aromatic carbocycles. The molecule has 1 atom stereocenters. The number of rotatable bonds is 4. The lowest BCUT2D eigenvalue weighted by Crippen LogP contribution is -2.32. The Morgan fingerprint density at radius 1 is 1.56 bits per heavy atom. The van der Waals surface area contributed by atoms with Crippen LogP contribution in [0, 0.1) is 5.92 Å². The average Bonchev–Trinajstić information content (AvgIpc) is 2.25. The Labute approximate surface area is 105 Å². The second kappa shape index (κ2) is 6.06. The number of hydrogen-bond donors (Lipinski definition) is 1. The highest BCUT2D eigenvalue weighted by atomic mass is 35.5. The van der Waals surface area contributed by atoms with Gasteiger partial charge in [-0.1, -0.05) is 25.4 Å². The zero-order valence-corrected chi connectivity index (χ0v) is 10.7. The third kappa shape index (κ3) is 3.65. The fourth-order valence-electron chi connectivity index (χ4n) is 1.08. The van der Waals surface area contributed by atoms with Crippen LogP contribution in [0.25, 0.3) is 0 Å². The first-order chi connectivity index (χ1) is 7.52. The third-order valence-electron chi connectivity index (χ3n) is 2.20. The topological polar surface area (TPSA) is 42.0 Å². The monoisotopic (exact) mass is 260 g/mol. The van der Waals surface area contributed by atoms with E-state index in [9.17, 15) is 4.79 Å². The molecule has 0 bridgehead atoms. The van der Waals surface area contributed by atoms with Gasteiger partial charge in [-0.25, -0.2) is 0 Å². The maximum absolute atomic E-state index is 11.7. The summed E-state index contributed by atoms with van der Waals surface area (Å²) in [6.45, 7) is 4.43. The Morgan fingerprint density at radius 3 is 2.81 bits per heavy atom. The van der Waals surface area contributed by atoms with E-state index < -0.39 is 0 Å². The first kappa shape index (κ1) is 13.3. The van der Waals surface area contributed by atoms with Crippen molar-refractivity contribution in [3.05, 3.63) is 29.0 Å². The summed E-state index contributed by atoms with van der Waals surface area (Å²) < 4.78 is 0. The highest BCUT2D eigenvalue weighted by Crippen LogP contribution is 2.13. The van der Waals surface area contributed by atoms with Gasteiger partial charge in [-0.05, 0) is 12.0 Å². The molecule has 0 radical (unpaired) electrons. The Bertz CT molecular complexity index is 369. The first-order valence-electron chi connectivity index (χ1n) is 5.04. The molecule has 16 heavy (non-hydrogen) atoms. The SMILES string of the molecule is CC(C)C(Cl)CNC(=O)c1ccncc1Cl. The van der Waals surface area contributed by atoms with Crippen molar-refractivity contribution in [3.63, 3.8) is 0 Å². The maximum atomic E-state index is 11.7. The third-order valence-corrected chi connectivity index (χ3v) is 3.16. The second-order valence-electron chi connectivity index (χ2n) is 3.83. The van der Waals surface area contributed by atoms with Crippen molar-refractivity contribution >= 4 is 29.1 Å².